The van der Waals surface area contributed by atoms with Crippen molar-refractivity contribution in [2.24, 2.45) is 0 Å². The molecular weight excluding hydrogens is 206 g/mol. The van der Waals surface area contributed by atoms with Gasteiger partial charge in [-0.15, -0.1) is 0 Å². The van der Waals surface area contributed by atoms with Crippen molar-refractivity contribution in [3.8, 4) is 0 Å². The standard InChI is InChI=1S/C8H16BrNO/c1-3-5-7(4-2)10-8(11)6-9/h7H,3-6H2,1-2H3,(H,10,11). The topological polar surface area (TPSA) is 29.1 Å². The Kier molecular flexibility index (Phi) is 6.62. The predicted molar refractivity (Wildman–Crippen MR) is 50.9 cm³/mol. The van der Waals surface area contributed by atoms with Crippen LogP contribution in [0.3, 0.4) is 0 Å². The summed E-state index contributed by atoms with van der Waals surface area (Å²) in [4.78, 5) is 10.9. The van der Waals surface area contributed by atoms with Crippen LogP contribution in [0.25, 0.3) is 0 Å². The third-order valence-electron chi connectivity index (χ3n) is 1.62. The fourth-order valence-corrected chi connectivity index (χ4v) is 1.15. The lowest BCUT2D eigenvalue weighted by molar-refractivity contribution is -0.119. The number of carbonyl (C=O) groups excluding carboxylic acids is 1. The highest BCUT2D eigenvalue weighted by Crippen LogP contribution is 2.00. The molecule has 0 aliphatic heterocycles. The minimum absolute atomic E-state index is 0.0882. The Morgan fingerprint density at radius 1 is 1.55 bits per heavy atom. The third kappa shape index (κ3) is 5.24. The van der Waals surface area contributed by atoms with Gasteiger partial charge in [0, 0.05) is 6.04 Å². The van der Waals surface area contributed by atoms with Gasteiger partial charge in [-0.2, -0.15) is 0 Å². The molecular formula is C8H16BrNO. The lowest BCUT2D eigenvalue weighted by Crippen LogP contribution is -2.34. The van der Waals surface area contributed by atoms with E-state index in [-0.39, 0.29) is 5.91 Å². The summed E-state index contributed by atoms with van der Waals surface area (Å²) in [7, 11) is 0. The van der Waals surface area contributed by atoms with Crippen molar-refractivity contribution in [2.75, 3.05) is 5.33 Å². The molecule has 66 valence electrons. The van der Waals surface area contributed by atoms with Crippen LogP contribution in [0.15, 0.2) is 0 Å². The van der Waals surface area contributed by atoms with Gasteiger partial charge in [0.1, 0.15) is 0 Å². The highest BCUT2D eigenvalue weighted by Gasteiger charge is 2.06. The van der Waals surface area contributed by atoms with Gasteiger partial charge in [0.05, 0.1) is 5.33 Å². The number of halogens is 1. The normalized spacial score (nSPS) is 12.6. The van der Waals surface area contributed by atoms with E-state index < -0.39 is 0 Å². The van der Waals surface area contributed by atoms with Gasteiger partial charge in [0.2, 0.25) is 5.91 Å². The number of rotatable bonds is 5. The maximum Gasteiger partial charge on any atom is 0.230 e. The molecule has 0 aromatic heterocycles. The van der Waals surface area contributed by atoms with Gasteiger partial charge in [-0.1, -0.05) is 36.2 Å². The molecule has 0 aromatic rings. The summed E-state index contributed by atoms with van der Waals surface area (Å²) in [5.74, 6) is 0.0882. The van der Waals surface area contributed by atoms with Crippen molar-refractivity contribution in [1.29, 1.82) is 0 Å². The fourth-order valence-electron chi connectivity index (χ4n) is 0.993. The Balaban J connectivity index is 3.58. The van der Waals surface area contributed by atoms with Crippen molar-refractivity contribution in [1.82, 2.24) is 5.32 Å². The van der Waals surface area contributed by atoms with Crippen LogP contribution in [0.5, 0.6) is 0 Å². The highest BCUT2D eigenvalue weighted by molar-refractivity contribution is 9.09. The molecule has 3 heteroatoms. The van der Waals surface area contributed by atoms with E-state index in [1.807, 2.05) is 0 Å². The number of carbonyl (C=O) groups is 1. The minimum atomic E-state index is 0.0882. The molecule has 0 heterocycles. The van der Waals surface area contributed by atoms with Crippen LogP contribution in [0.1, 0.15) is 33.1 Å². The second-order valence-electron chi connectivity index (χ2n) is 2.59. The summed E-state index contributed by atoms with van der Waals surface area (Å²) in [6, 6.07) is 0.366. The molecule has 0 radical (unpaired) electrons. The van der Waals surface area contributed by atoms with Gasteiger partial charge in [0.15, 0.2) is 0 Å². The molecule has 0 aliphatic rings. The van der Waals surface area contributed by atoms with Gasteiger partial charge in [-0.25, -0.2) is 0 Å². The van der Waals surface area contributed by atoms with Gasteiger partial charge in [-0.3, -0.25) is 4.79 Å². The van der Waals surface area contributed by atoms with E-state index in [0.29, 0.717) is 11.4 Å². The van der Waals surface area contributed by atoms with E-state index in [1.165, 1.54) is 0 Å². The second kappa shape index (κ2) is 6.65. The number of hydrogen-bond acceptors (Lipinski definition) is 1. The molecule has 11 heavy (non-hydrogen) atoms. The molecule has 1 unspecified atom stereocenters. The fraction of sp³-hybridized carbons (Fsp3) is 0.875. The largest absolute Gasteiger partial charge is 0.353 e. The van der Waals surface area contributed by atoms with Gasteiger partial charge in [-0.05, 0) is 12.8 Å². The highest BCUT2D eigenvalue weighted by atomic mass is 79.9. The van der Waals surface area contributed by atoms with Crippen LogP contribution >= 0.6 is 15.9 Å². The zero-order chi connectivity index (χ0) is 8.69. The Morgan fingerprint density at radius 3 is 2.55 bits per heavy atom. The molecule has 2 nitrogen and oxygen atoms in total. The van der Waals surface area contributed by atoms with Crippen LogP contribution in [0, 0.1) is 0 Å². The van der Waals surface area contributed by atoms with Gasteiger partial charge in [0.25, 0.3) is 0 Å². The number of amides is 1. The summed E-state index contributed by atoms with van der Waals surface area (Å²) in [6.07, 6.45) is 3.23. The van der Waals surface area contributed by atoms with E-state index >= 15 is 0 Å². The Hall–Kier alpha value is -0.0500. The molecule has 0 saturated heterocycles. The minimum Gasteiger partial charge on any atom is -0.353 e. The average molecular weight is 222 g/mol. The maximum absolute atomic E-state index is 10.9. The van der Waals surface area contributed by atoms with Gasteiger partial charge >= 0.3 is 0 Å². The first-order valence-corrected chi connectivity index (χ1v) is 5.22. The first-order valence-electron chi connectivity index (χ1n) is 4.09. The number of nitrogens with one attached hydrogen (secondary N) is 1. The second-order valence-corrected chi connectivity index (χ2v) is 3.16. The Morgan fingerprint density at radius 2 is 2.18 bits per heavy atom. The number of hydrogen-bond donors (Lipinski definition) is 1. The first kappa shape index (κ1) is 11.0. The third-order valence-corrected chi connectivity index (χ3v) is 2.13. The molecule has 1 amide bonds. The van der Waals surface area contributed by atoms with Crippen molar-refractivity contribution in [3.05, 3.63) is 0 Å². The van der Waals surface area contributed by atoms with Crippen LogP contribution in [0.4, 0.5) is 0 Å². The molecule has 0 saturated carbocycles. The SMILES string of the molecule is CCCC(CC)NC(=O)CBr. The molecule has 0 rings (SSSR count). The average Bonchev–Trinajstić information content (AvgIpc) is 2.03. The van der Waals surface area contributed by atoms with Crippen LogP contribution < -0.4 is 5.32 Å². The van der Waals surface area contributed by atoms with Crippen LogP contribution in [0.2, 0.25) is 0 Å². The van der Waals surface area contributed by atoms with E-state index in [0.717, 1.165) is 19.3 Å². The monoisotopic (exact) mass is 221 g/mol. The Bertz CT molecular complexity index is 117. The van der Waals surface area contributed by atoms with E-state index in [1.54, 1.807) is 0 Å². The van der Waals surface area contributed by atoms with E-state index in [9.17, 15) is 4.79 Å². The summed E-state index contributed by atoms with van der Waals surface area (Å²) >= 11 is 3.11. The quantitative estimate of drug-likeness (QED) is 0.709. The molecule has 0 fully saturated rings. The lowest BCUT2D eigenvalue weighted by Gasteiger charge is -2.14. The molecule has 0 aromatic carbocycles. The van der Waals surface area contributed by atoms with E-state index in [2.05, 4.69) is 35.1 Å². The van der Waals surface area contributed by atoms with Crippen molar-refractivity contribution < 1.29 is 4.79 Å². The summed E-state index contributed by atoms with van der Waals surface area (Å²) < 4.78 is 0. The summed E-state index contributed by atoms with van der Waals surface area (Å²) in [5.41, 5.74) is 0. The molecule has 0 aliphatic carbocycles. The van der Waals surface area contributed by atoms with Crippen molar-refractivity contribution >= 4 is 21.8 Å². The molecule has 1 N–H and O–H groups in total. The molecule has 0 spiro atoms. The summed E-state index contributed by atoms with van der Waals surface area (Å²) in [6.45, 7) is 4.22. The molecule has 1 atom stereocenters. The predicted octanol–water partition coefficient (Wildman–Crippen LogP) is 2.08. The smallest absolute Gasteiger partial charge is 0.230 e. The van der Waals surface area contributed by atoms with E-state index in [4.69, 9.17) is 0 Å². The van der Waals surface area contributed by atoms with Crippen LogP contribution in [-0.4, -0.2) is 17.3 Å². The van der Waals surface area contributed by atoms with Gasteiger partial charge < -0.3 is 5.32 Å². The summed E-state index contributed by atoms with van der Waals surface area (Å²) in [5, 5.41) is 3.34. The lowest BCUT2D eigenvalue weighted by atomic mass is 10.1. The zero-order valence-corrected chi connectivity index (χ0v) is 8.78. The van der Waals surface area contributed by atoms with Crippen LogP contribution in [-0.2, 0) is 4.79 Å². The number of alkyl halides is 1. The Labute approximate surface area is 76.9 Å². The van der Waals surface area contributed by atoms with Crippen molar-refractivity contribution in [3.63, 3.8) is 0 Å². The maximum atomic E-state index is 10.9. The first-order chi connectivity index (χ1) is 5.24. The van der Waals surface area contributed by atoms with Crippen molar-refractivity contribution in [2.45, 2.75) is 39.2 Å². The molecule has 0 bridgehead atoms. The zero-order valence-electron chi connectivity index (χ0n) is 7.19.